The third-order valence-electron chi connectivity index (χ3n) is 2.54. The molecule has 0 aliphatic carbocycles. The third-order valence-corrected chi connectivity index (χ3v) is 2.54. The highest BCUT2D eigenvalue weighted by Crippen LogP contribution is 2.20. The van der Waals surface area contributed by atoms with Crippen molar-refractivity contribution in [3.63, 3.8) is 0 Å². The van der Waals surface area contributed by atoms with Crippen molar-refractivity contribution in [2.75, 3.05) is 24.5 Å². The van der Waals surface area contributed by atoms with Crippen molar-refractivity contribution in [2.24, 2.45) is 0 Å². The second kappa shape index (κ2) is 4.52. The van der Waals surface area contributed by atoms with E-state index in [0.717, 1.165) is 6.54 Å². The minimum Gasteiger partial charge on any atom is -0.337 e. The summed E-state index contributed by atoms with van der Waals surface area (Å²) in [5, 5.41) is 9.39. The van der Waals surface area contributed by atoms with Gasteiger partial charge in [-0.25, -0.2) is 0 Å². The maximum absolute atomic E-state index is 12.1. The Morgan fingerprint density at radius 2 is 2.24 bits per heavy atom. The lowest BCUT2D eigenvalue weighted by Crippen LogP contribution is -2.49. The van der Waals surface area contributed by atoms with Crippen LogP contribution in [0.1, 0.15) is 12.7 Å². The number of aromatic amines is 1. The third kappa shape index (κ3) is 3.32. The molecule has 0 bridgehead atoms. The molecule has 1 aliphatic rings. The van der Waals surface area contributed by atoms with Crippen molar-refractivity contribution in [3.05, 3.63) is 5.82 Å². The molecule has 0 amide bonds. The Hall–Kier alpha value is -1.31. The summed E-state index contributed by atoms with van der Waals surface area (Å²) < 4.78 is 36.4. The monoisotopic (exact) mass is 249 g/mol. The summed E-state index contributed by atoms with van der Waals surface area (Å²) in [6.07, 6.45) is -5.32. The van der Waals surface area contributed by atoms with Gasteiger partial charge in [0.2, 0.25) is 5.95 Å². The van der Waals surface area contributed by atoms with Crippen molar-refractivity contribution in [3.8, 4) is 0 Å². The Bertz CT molecular complexity index is 375. The Balaban J connectivity index is 2.02. The van der Waals surface area contributed by atoms with E-state index < -0.39 is 12.6 Å². The Labute approximate surface area is 96.4 Å². The van der Waals surface area contributed by atoms with Gasteiger partial charge < -0.3 is 10.2 Å². The summed E-state index contributed by atoms with van der Waals surface area (Å²) in [5.74, 6) is 0.205. The zero-order valence-corrected chi connectivity index (χ0v) is 9.38. The molecular weight excluding hydrogens is 235 g/mol. The van der Waals surface area contributed by atoms with Crippen molar-refractivity contribution < 1.29 is 13.2 Å². The van der Waals surface area contributed by atoms with Gasteiger partial charge in [-0.1, -0.05) is 0 Å². The molecule has 0 saturated carbocycles. The Morgan fingerprint density at radius 1 is 1.47 bits per heavy atom. The summed E-state index contributed by atoms with van der Waals surface area (Å²) in [6, 6.07) is 0.285. The lowest BCUT2D eigenvalue weighted by atomic mass is 10.2. The van der Waals surface area contributed by atoms with E-state index in [1.165, 1.54) is 0 Å². The van der Waals surface area contributed by atoms with E-state index >= 15 is 0 Å². The quantitative estimate of drug-likeness (QED) is 0.810. The number of hydrogen-bond acceptors (Lipinski definition) is 4. The van der Waals surface area contributed by atoms with E-state index in [1.54, 1.807) is 0 Å². The second-order valence-electron chi connectivity index (χ2n) is 4.18. The minimum atomic E-state index is -4.26. The lowest BCUT2D eigenvalue weighted by Gasteiger charge is -2.30. The first-order chi connectivity index (χ1) is 7.94. The number of hydrogen-bond donors (Lipinski definition) is 2. The number of anilines is 1. The van der Waals surface area contributed by atoms with E-state index in [2.05, 4.69) is 20.5 Å². The van der Waals surface area contributed by atoms with Crippen molar-refractivity contribution >= 4 is 5.95 Å². The van der Waals surface area contributed by atoms with Crippen molar-refractivity contribution in [1.82, 2.24) is 20.5 Å². The van der Waals surface area contributed by atoms with Crippen LogP contribution in [-0.4, -0.2) is 47.0 Å². The minimum absolute atomic E-state index is 0.140. The molecule has 0 spiro atoms. The zero-order chi connectivity index (χ0) is 12.5. The standard InChI is InChI=1S/C9H14F3N5/c1-6-5-17(3-2-13-6)8-14-7(15-16-8)4-9(10,11)12/h6,13H,2-5H2,1H3,(H,14,15,16). The van der Waals surface area contributed by atoms with E-state index in [0.29, 0.717) is 19.0 Å². The van der Waals surface area contributed by atoms with E-state index in [-0.39, 0.29) is 11.9 Å². The predicted molar refractivity (Wildman–Crippen MR) is 55.8 cm³/mol. The largest absolute Gasteiger partial charge is 0.396 e. The highest BCUT2D eigenvalue weighted by Gasteiger charge is 2.30. The van der Waals surface area contributed by atoms with Gasteiger partial charge in [0.05, 0.1) is 0 Å². The smallest absolute Gasteiger partial charge is 0.337 e. The first-order valence-corrected chi connectivity index (χ1v) is 5.40. The number of H-pyrrole nitrogens is 1. The van der Waals surface area contributed by atoms with Crippen LogP contribution in [0.25, 0.3) is 0 Å². The lowest BCUT2D eigenvalue weighted by molar-refractivity contribution is -0.128. The average Bonchev–Trinajstić information content (AvgIpc) is 2.63. The molecule has 1 atom stereocenters. The number of alkyl halides is 3. The van der Waals surface area contributed by atoms with Gasteiger partial charge in [-0.15, -0.1) is 5.10 Å². The molecule has 2 heterocycles. The van der Waals surface area contributed by atoms with E-state index in [9.17, 15) is 13.2 Å². The molecule has 1 aromatic rings. The SMILES string of the molecule is CC1CN(c2n[nH]c(CC(F)(F)F)n2)CCN1. The zero-order valence-electron chi connectivity index (χ0n) is 9.38. The van der Waals surface area contributed by atoms with Crippen molar-refractivity contribution in [1.29, 1.82) is 0 Å². The fourth-order valence-electron chi connectivity index (χ4n) is 1.81. The number of rotatable bonds is 2. The van der Waals surface area contributed by atoms with Gasteiger partial charge in [0.15, 0.2) is 0 Å². The Morgan fingerprint density at radius 3 is 2.88 bits per heavy atom. The van der Waals surface area contributed by atoms with Crippen LogP contribution in [0.15, 0.2) is 0 Å². The van der Waals surface area contributed by atoms with Crippen LogP contribution in [0.3, 0.4) is 0 Å². The molecule has 5 nitrogen and oxygen atoms in total. The fourth-order valence-corrected chi connectivity index (χ4v) is 1.81. The maximum atomic E-state index is 12.1. The average molecular weight is 249 g/mol. The highest BCUT2D eigenvalue weighted by molar-refractivity contribution is 5.30. The first kappa shape index (κ1) is 12.2. The second-order valence-corrected chi connectivity index (χ2v) is 4.18. The molecule has 0 aromatic carbocycles. The van der Waals surface area contributed by atoms with Crippen LogP contribution in [-0.2, 0) is 6.42 Å². The molecule has 17 heavy (non-hydrogen) atoms. The number of aromatic nitrogens is 3. The Kier molecular flexibility index (Phi) is 3.23. The van der Waals surface area contributed by atoms with E-state index in [4.69, 9.17) is 0 Å². The normalized spacial score (nSPS) is 21.9. The molecule has 1 unspecified atom stereocenters. The van der Waals surface area contributed by atoms with Crippen LogP contribution in [0, 0.1) is 0 Å². The van der Waals surface area contributed by atoms with Gasteiger partial charge >= 0.3 is 6.18 Å². The summed E-state index contributed by atoms with van der Waals surface area (Å²) in [6.45, 7) is 4.19. The molecular formula is C9H14F3N5. The molecule has 2 rings (SSSR count). The molecule has 1 fully saturated rings. The number of nitrogens with one attached hydrogen (secondary N) is 2. The summed E-state index contributed by atoms with van der Waals surface area (Å²) in [7, 11) is 0. The van der Waals surface area contributed by atoms with Crippen LogP contribution in [0.4, 0.5) is 19.1 Å². The molecule has 8 heteroatoms. The van der Waals surface area contributed by atoms with Crippen LogP contribution in [0.2, 0.25) is 0 Å². The first-order valence-electron chi connectivity index (χ1n) is 5.40. The maximum Gasteiger partial charge on any atom is 0.396 e. The molecule has 1 aliphatic heterocycles. The van der Waals surface area contributed by atoms with Gasteiger partial charge in [-0.3, -0.25) is 5.10 Å². The van der Waals surface area contributed by atoms with Crippen molar-refractivity contribution in [2.45, 2.75) is 25.6 Å². The van der Waals surface area contributed by atoms with Gasteiger partial charge in [0.25, 0.3) is 0 Å². The topological polar surface area (TPSA) is 56.8 Å². The summed E-state index contributed by atoms with van der Waals surface area (Å²) in [4.78, 5) is 5.74. The number of piperazine rings is 1. The van der Waals surface area contributed by atoms with Crippen LogP contribution < -0.4 is 10.2 Å². The molecule has 96 valence electrons. The van der Waals surface area contributed by atoms with E-state index in [1.807, 2.05) is 11.8 Å². The van der Waals surface area contributed by atoms with Gasteiger partial charge in [-0.05, 0) is 6.92 Å². The molecule has 2 N–H and O–H groups in total. The van der Waals surface area contributed by atoms with Gasteiger partial charge in [0, 0.05) is 25.7 Å². The molecule has 0 radical (unpaired) electrons. The summed E-state index contributed by atoms with van der Waals surface area (Å²) >= 11 is 0. The predicted octanol–water partition coefficient (Wildman–Crippen LogP) is 0.708. The van der Waals surface area contributed by atoms with Crippen LogP contribution in [0.5, 0.6) is 0 Å². The summed E-state index contributed by atoms with van der Waals surface area (Å²) in [5.41, 5.74) is 0. The van der Waals surface area contributed by atoms with Crippen LogP contribution >= 0.6 is 0 Å². The molecule has 1 saturated heterocycles. The number of nitrogens with zero attached hydrogens (tertiary/aromatic N) is 3. The molecule has 1 aromatic heterocycles. The van der Waals surface area contributed by atoms with Gasteiger partial charge in [0.1, 0.15) is 12.2 Å². The number of halogens is 3. The highest BCUT2D eigenvalue weighted by atomic mass is 19.4. The van der Waals surface area contributed by atoms with Gasteiger partial charge in [-0.2, -0.15) is 18.2 Å². The fraction of sp³-hybridized carbons (Fsp3) is 0.778.